The zero-order valence-corrected chi connectivity index (χ0v) is 25.9. The lowest BCUT2D eigenvalue weighted by atomic mass is 9.80. The van der Waals surface area contributed by atoms with E-state index in [1.54, 1.807) is 0 Å². The van der Waals surface area contributed by atoms with E-state index in [0.29, 0.717) is 44.7 Å². The molecular weight excluding hydrogens is 547 g/mol. The van der Waals surface area contributed by atoms with Crippen molar-refractivity contribution in [3.63, 3.8) is 0 Å². The van der Waals surface area contributed by atoms with Crippen molar-refractivity contribution in [1.82, 2.24) is 0 Å². The van der Waals surface area contributed by atoms with Crippen molar-refractivity contribution in [3.05, 3.63) is 25.3 Å². The van der Waals surface area contributed by atoms with Gasteiger partial charge in [-0.15, -0.1) is 0 Å². The van der Waals surface area contributed by atoms with E-state index in [0.717, 1.165) is 89.9 Å². The molecule has 0 amide bonds. The number of esters is 2. The second-order valence-corrected chi connectivity index (χ2v) is 12.1. The molecule has 3 aliphatic rings. The molecule has 0 aliphatic heterocycles. The van der Waals surface area contributed by atoms with E-state index < -0.39 is 6.17 Å². The van der Waals surface area contributed by atoms with Gasteiger partial charge >= 0.3 is 11.9 Å². The fraction of sp³-hybridized carbons (Fsp3) is 0.722. The molecular formula is C36H51FO6. The van der Waals surface area contributed by atoms with Gasteiger partial charge in [0.25, 0.3) is 0 Å². The van der Waals surface area contributed by atoms with Gasteiger partial charge in [-0.1, -0.05) is 36.8 Å². The lowest BCUT2D eigenvalue weighted by molar-refractivity contribution is -0.138. The number of hydrogen-bond donors (Lipinski definition) is 0. The lowest BCUT2D eigenvalue weighted by Crippen LogP contribution is -2.25. The SMILES string of the molecule is C=CC(=O)OCCCCOC1CCC(C#CC2CCC(C#CC3CCC(OCCCCOC(=O)C=C)CC3)C(F)C2)CC1. The molecule has 0 saturated heterocycles. The summed E-state index contributed by atoms with van der Waals surface area (Å²) in [6.45, 7) is 8.94. The molecule has 7 heteroatoms. The first kappa shape index (κ1) is 34.9. The third-order valence-electron chi connectivity index (χ3n) is 8.69. The fourth-order valence-electron chi connectivity index (χ4n) is 5.99. The number of ether oxygens (including phenoxy) is 4. The van der Waals surface area contributed by atoms with E-state index in [9.17, 15) is 9.59 Å². The maximum atomic E-state index is 15.0. The van der Waals surface area contributed by atoms with E-state index in [-0.39, 0.29) is 36.0 Å². The Hall–Kier alpha value is -2.61. The van der Waals surface area contributed by atoms with Crippen molar-refractivity contribution >= 4 is 11.9 Å². The van der Waals surface area contributed by atoms with E-state index in [1.165, 1.54) is 12.2 Å². The molecule has 0 spiro atoms. The molecule has 3 unspecified atom stereocenters. The highest BCUT2D eigenvalue weighted by atomic mass is 19.1. The summed E-state index contributed by atoms with van der Waals surface area (Å²) in [4.78, 5) is 22.1. The molecule has 0 aromatic rings. The molecule has 3 saturated carbocycles. The predicted octanol–water partition coefficient (Wildman–Crippen LogP) is 6.92. The molecule has 0 aromatic carbocycles. The Labute approximate surface area is 258 Å². The summed E-state index contributed by atoms with van der Waals surface area (Å²) in [5.74, 6) is 13.5. The van der Waals surface area contributed by atoms with Crippen LogP contribution in [0.1, 0.15) is 96.3 Å². The topological polar surface area (TPSA) is 71.1 Å². The van der Waals surface area contributed by atoms with Gasteiger partial charge in [-0.05, 0) is 96.3 Å². The van der Waals surface area contributed by atoms with Crippen molar-refractivity contribution in [2.24, 2.45) is 23.7 Å². The average Bonchev–Trinajstić information content (AvgIpc) is 3.03. The second-order valence-electron chi connectivity index (χ2n) is 12.1. The van der Waals surface area contributed by atoms with E-state index in [4.69, 9.17) is 18.9 Å². The molecule has 43 heavy (non-hydrogen) atoms. The fourth-order valence-corrected chi connectivity index (χ4v) is 5.99. The minimum Gasteiger partial charge on any atom is -0.463 e. The molecule has 238 valence electrons. The number of carbonyl (C=O) groups excluding carboxylic acids is 2. The van der Waals surface area contributed by atoms with Crippen LogP contribution < -0.4 is 0 Å². The Morgan fingerprint density at radius 2 is 1.02 bits per heavy atom. The van der Waals surface area contributed by atoms with E-state index in [2.05, 4.69) is 36.8 Å². The third-order valence-corrected chi connectivity index (χ3v) is 8.69. The maximum Gasteiger partial charge on any atom is 0.330 e. The first-order chi connectivity index (χ1) is 21.0. The second kappa shape index (κ2) is 20.4. The minimum atomic E-state index is -0.893. The van der Waals surface area contributed by atoms with E-state index in [1.807, 2.05) is 0 Å². The van der Waals surface area contributed by atoms with Gasteiger partial charge in [0.15, 0.2) is 0 Å². The van der Waals surface area contributed by atoms with Crippen LogP contribution in [-0.2, 0) is 28.5 Å². The molecule has 0 radical (unpaired) electrons. The van der Waals surface area contributed by atoms with Crippen LogP contribution in [0.2, 0.25) is 0 Å². The monoisotopic (exact) mass is 598 g/mol. The van der Waals surface area contributed by atoms with Crippen LogP contribution in [-0.4, -0.2) is 56.7 Å². The summed E-state index contributed by atoms with van der Waals surface area (Å²) in [7, 11) is 0. The number of rotatable bonds is 14. The van der Waals surface area contributed by atoms with Crippen molar-refractivity contribution in [2.45, 2.75) is 115 Å². The minimum absolute atomic E-state index is 0.138. The van der Waals surface area contributed by atoms with Crippen LogP contribution in [0.4, 0.5) is 4.39 Å². The van der Waals surface area contributed by atoms with E-state index >= 15 is 4.39 Å². The van der Waals surface area contributed by atoms with Crippen LogP contribution in [0, 0.1) is 47.4 Å². The summed E-state index contributed by atoms with van der Waals surface area (Å²) < 4.78 is 37.0. The third kappa shape index (κ3) is 14.1. The molecule has 3 rings (SSSR count). The Morgan fingerprint density at radius 3 is 1.49 bits per heavy atom. The van der Waals surface area contributed by atoms with Gasteiger partial charge in [-0.25, -0.2) is 14.0 Å². The molecule has 0 aromatic heterocycles. The molecule has 6 nitrogen and oxygen atoms in total. The van der Waals surface area contributed by atoms with Crippen molar-refractivity contribution in [1.29, 1.82) is 0 Å². The standard InChI is InChI=1S/C36H51FO6/c1-3-35(38)42-25-7-5-23-40-32-19-13-28(14-20-32)9-10-30-12-18-31(34(37)27-30)17-11-29-15-21-33(22-16-29)41-24-6-8-26-43-36(39)4-2/h3-4,28-34H,1-2,5-8,12-16,18-27H2. The van der Waals surface area contributed by atoms with Crippen molar-refractivity contribution in [3.8, 4) is 23.7 Å². The van der Waals surface area contributed by atoms with Crippen LogP contribution >= 0.6 is 0 Å². The highest BCUT2D eigenvalue weighted by molar-refractivity contribution is 5.81. The van der Waals surface area contributed by atoms with Gasteiger partial charge in [0.05, 0.1) is 31.3 Å². The van der Waals surface area contributed by atoms with Crippen LogP contribution in [0.5, 0.6) is 0 Å². The molecule has 0 bridgehead atoms. The summed E-state index contributed by atoms with van der Waals surface area (Å²) in [6, 6.07) is 0. The molecule has 3 aliphatic carbocycles. The van der Waals surface area contributed by atoms with Gasteiger partial charge in [-0.3, -0.25) is 0 Å². The largest absolute Gasteiger partial charge is 0.463 e. The Kier molecular flexibility index (Phi) is 16.5. The number of hydrogen-bond acceptors (Lipinski definition) is 6. The Bertz CT molecular complexity index is 987. The normalized spacial score (nSPS) is 28.7. The number of unbranched alkanes of at least 4 members (excludes halogenated alkanes) is 2. The summed E-state index contributed by atoms with van der Waals surface area (Å²) >= 11 is 0. The smallest absolute Gasteiger partial charge is 0.330 e. The van der Waals surface area contributed by atoms with Gasteiger partial charge in [0.1, 0.15) is 6.17 Å². The average molecular weight is 599 g/mol. The molecule has 0 N–H and O–H groups in total. The van der Waals surface area contributed by atoms with Crippen LogP contribution in [0.15, 0.2) is 25.3 Å². The molecule has 0 heterocycles. The lowest BCUT2D eigenvalue weighted by Gasteiger charge is -2.28. The number of alkyl halides is 1. The highest BCUT2D eigenvalue weighted by Crippen LogP contribution is 2.32. The van der Waals surface area contributed by atoms with Crippen LogP contribution in [0.3, 0.4) is 0 Å². The summed E-state index contributed by atoms with van der Waals surface area (Å²) in [5.41, 5.74) is 0. The molecule has 3 atom stereocenters. The Balaban J connectivity index is 1.23. The number of halogens is 1. The van der Waals surface area contributed by atoms with Gasteiger partial charge < -0.3 is 18.9 Å². The van der Waals surface area contributed by atoms with Gasteiger partial charge in [-0.2, -0.15) is 0 Å². The first-order valence-corrected chi connectivity index (χ1v) is 16.4. The number of carbonyl (C=O) groups is 2. The summed E-state index contributed by atoms with van der Waals surface area (Å²) in [5, 5.41) is 0. The highest BCUT2D eigenvalue weighted by Gasteiger charge is 2.29. The Morgan fingerprint density at radius 1 is 0.605 bits per heavy atom. The summed E-state index contributed by atoms with van der Waals surface area (Å²) in [6.07, 6.45) is 15.7. The maximum absolute atomic E-state index is 15.0. The predicted molar refractivity (Wildman–Crippen MR) is 165 cm³/mol. The van der Waals surface area contributed by atoms with Gasteiger partial charge in [0.2, 0.25) is 0 Å². The zero-order chi connectivity index (χ0) is 30.7. The van der Waals surface area contributed by atoms with Crippen LogP contribution in [0.25, 0.3) is 0 Å². The van der Waals surface area contributed by atoms with Crippen molar-refractivity contribution in [2.75, 3.05) is 26.4 Å². The molecule has 3 fully saturated rings. The van der Waals surface area contributed by atoms with Crippen molar-refractivity contribution < 1.29 is 32.9 Å². The first-order valence-electron chi connectivity index (χ1n) is 16.4. The quantitative estimate of drug-likeness (QED) is 0.0936. The van der Waals surface area contributed by atoms with Gasteiger partial charge in [0, 0.05) is 43.1 Å². The zero-order valence-electron chi connectivity index (χ0n) is 25.9.